The first-order valence-electron chi connectivity index (χ1n) is 6.61. The average Bonchev–Trinajstić information content (AvgIpc) is 2.72. The van der Waals surface area contributed by atoms with Gasteiger partial charge in [-0.25, -0.2) is 8.42 Å². The number of nitrogens with one attached hydrogen (secondary N) is 1. The number of carbonyl (C=O) groups excluding carboxylic acids is 1. The number of benzene rings is 1. The molecule has 0 bridgehead atoms. The Hall–Kier alpha value is -1.36. The Labute approximate surface area is 113 Å². The Morgan fingerprint density at radius 1 is 1.37 bits per heavy atom. The predicted molar refractivity (Wildman–Crippen MR) is 71.6 cm³/mol. The quantitative estimate of drug-likeness (QED) is 0.845. The van der Waals surface area contributed by atoms with E-state index in [1.165, 1.54) is 0 Å². The molecule has 19 heavy (non-hydrogen) atoms. The van der Waals surface area contributed by atoms with Gasteiger partial charge in [0.1, 0.15) is 0 Å². The van der Waals surface area contributed by atoms with Crippen molar-refractivity contribution in [3.8, 4) is 0 Å². The molecule has 2 aliphatic rings. The van der Waals surface area contributed by atoms with E-state index in [1.54, 1.807) is 12.1 Å². The first kappa shape index (κ1) is 12.7. The van der Waals surface area contributed by atoms with Gasteiger partial charge in [0, 0.05) is 17.9 Å². The second-order valence-corrected chi connectivity index (χ2v) is 7.50. The van der Waals surface area contributed by atoms with E-state index >= 15 is 0 Å². The summed E-state index contributed by atoms with van der Waals surface area (Å²) in [5.74, 6) is 0.163. The van der Waals surface area contributed by atoms with Crippen molar-refractivity contribution in [2.45, 2.75) is 42.5 Å². The van der Waals surface area contributed by atoms with E-state index < -0.39 is 9.84 Å². The smallest absolute Gasteiger partial charge is 0.221 e. The molecule has 1 spiro atoms. The topological polar surface area (TPSA) is 63.2 Å². The fraction of sp³-hybridized carbons (Fsp3) is 0.500. The molecule has 2 aliphatic heterocycles. The SMILES string of the molecule is CCC1NC(=O)CC12CCS(=O)(=O)c1ccccc12. The third-order valence-electron chi connectivity index (χ3n) is 4.46. The second-order valence-electron chi connectivity index (χ2n) is 5.43. The van der Waals surface area contributed by atoms with Crippen LogP contribution in [0, 0.1) is 0 Å². The third-order valence-corrected chi connectivity index (χ3v) is 6.23. The fourth-order valence-corrected chi connectivity index (χ4v) is 5.29. The van der Waals surface area contributed by atoms with Gasteiger partial charge >= 0.3 is 0 Å². The highest BCUT2D eigenvalue weighted by Crippen LogP contribution is 2.46. The normalized spacial score (nSPS) is 32.1. The number of hydrogen-bond acceptors (Lipinski definition) is 3. The van der Waals surface area contributed by atoms with Crippen molar-refractivity contribution in [3.63, 3.8) is 0 Å². The molecule has 1 aromatic carbocycles. The Morgan fingerprint density at radius 3 is 2.84 bits per heavy atom. The number of hydrogen-bond donors (Lipinski definition) is 1. The summed E-state index contributed by atoms with van der Waals surface area (Å²) in [6.07, 6.45) is 1.75. The van der Waals surface area contributed by atoms with Crippen LogP contribution in [0.5, 0.6) is 0 Å². The lowest BCUT2D eigenvalue weighted by Crippen LogP contribution is -2.44. The van der Waals surface area contributed by atoms with Crippen LogP contribution in [-0.2, 0) is 20.0 Å². The highest BCUT2D eigenvalue weighted by molar-refractivity contribution is 7.91. The van der Waals surface area contributed by atoms with Crippen molar-refractivity contribution in [3.05, 3.63) is 29.8 Å². The van der Waals surface area contributed by atoms with Gasteiger partial charge in [0.2, 0.25) is 5.91 Å². The van der Waals surface area contributed by atoms with Crippen LogP contribution in [-0.4, -0.2) is 26.1 Å². The van der Waals surface area contributed by atoms with Crippen LogP contribution < -0.4 is 5.32 Å². The molecule has 4 nitrogen and oxygen atoms in total. The lowest BCUT2D eigenvalue weighted by Gasteiger charge is -2.38. The van der Waals surface area contributed by atoms with E-state index in [9.17, 15) is 13.2 Å². The minimum Gasteiger partial charge on any atom is -0.352 e. The maximum atomic E-state index is 12.2. The Morgan fingerprint density at radius 2 is 2.11 bits per heavy atom. The van der Waals surface area contributed by atoms with Crippen molar-refractivity contribution < 1.29 is 13.2 Å². The van der Waals surface area contributed by atoms with Crippen LogP contribution in [0.1, 0.15) is 31.7 Å². The molecular weight excluding hydrogens is 262 g/mol. The molecule has 1 saturated heterocycles. The molecule has 0 saturated carbocycles. The Kier molecular flexibility index (Phi) is 2.71. The van der Waals surface area contributed by atoms with Gasteiger partial charge < -0.3 is 5.32 Å². The number of rotatable bonds is 1. The molecular formula is C14H17NO3S. The van der Waals surface area contributed by atoms with Crippen LogP contribution in [0.4, 0.5) is 0 Å². The maximum Gasteiger partial charge on any atom is 0.221 e. The van der Waals surface area contributed by atoms with Gasteiger partial charge in [-0.1, -0.05) is 25.1 Å². The zero-order valence-corrected chi connectivity index (χ0v) is 11.7. The molecule has 2 unspecified atom stereocenters. The first-order valence-corrected chi connectivity index (χ1v) is 8.26. The van der Waals surface area contributed by atoms with Gasteiger partial charge in [0.15, 0.2) is 9.84 Å². The zero-order chi connectivity index (χ0) is 13.7. The monoisotopic (exact) mass is 279 g/mol. The molecule has 1 aromatic rings. The summed E-state index contributed by atoms with van der Waals surface area (Å²) in [5.41, 5.74) is 0.486. The highest BCUT2D eigenvalue weighted by Gasteiger charge is 2.51. The van der Waals surface area contributed by atoms with Crippen LogP contribution >= 0.6 is 0 Å². The zero-order valence-electron chi connectivity index (χ0n) is 10.8. The lowest BCUT2D eigenvalue weighted by molar-refractivity contribution is -0.119. The van der Waals surface area contributed by atoms with Crippen molar-refractivity contribution in [1.82, 2.24) is 5.32 Å². The summed E-state index contributed by atoms with van der Waals surface area (Å²) in [6, 6.07) is 7.18. The number of fused-ring (bicyclic) bond motifs is 2. The van der Waals surface area contributed by atoms with Crippen LogP contribution in [0.15, 0.2) is 29.2 Å². The van der Waals surface area contributed by atoms with E-state index in [0.717, 1.165) is 12.0 Å². The molecule has 2 atom stereocenters. The van der Waals surface area contributed by atoms with E-state index in [4.69, 9.17) is 0 Å². The number of sulfone groups is 1. The summed E-state index contributed by atoms with van der Waals surface area (Å²) in [6.45, 7) is 2.03. The van der Waals surface area contributed by atoms with Gasteiger partial charge in [-0.05, 0) is 24.5 Å². The molecule has 1 fully saturated rings. The van der Waals surface area contributed by atoms with Gasteiger partial charge in [0.05, 0.1) is 10.6 Å². The summed E-state index contributed by atoms with van der Waals surface area (Å²) in [5, 5.41) is 3.00. The van der Waals surface area contributed by atoms with Gasteiger partial charge in [-0.15, -0.1) is 0 Å². The molecule has 1 N–H and O–H groups in total. The molecule has 0 aromatic heterocycles. The molecule has 2 heterocycles. The summed E-state index contributed by atoms with van der Waals surface area (Å²) < 4.78 is 24.4. The molecule has 0 radical (unpaired) electrons. The van der Waals surface area contributed by atoms with E-state index in [-0.39, 0.29) is 23.1 Å². The minimum absolute atomic E-state index is 0.0287. The van der Waals surface area contributed by atoms with Gasteiger partial charge in [-0.3, -0.25) is 4.79 Å². The minimum atomic E-state index is -3.19. The van der Waals surface area contributed by atoms with E-state index in [1.807, 2.05) is 19.1 Å². The van der Waals surface area contributed by atoms with Crippen LogP contribution in [0.3, 0.4) is 0 Å². The fourth-order valence-electron chi connectivity index (χ4n) is 3.54. The predicted octanol–water partition coefficient (Wildman–Crippen LogP) is 1.40. The van der Waals surface area contributed by atoms with Crippen molar-refractivity contribution in [2.24, 2.45) is 0 Å². The van der Waals surface area contributed by atoms with Crippen LogP contribution in [0.25, 0.3) is 0 Å². The standard InChI is InChI=1S/C14H17NO3S/c1-2-12-14(9-13(16)15-12)7-8-19(17,18)11-6-4-3-5-10(11)14/h3-6,12H,2,7-9H2,1H3,(H,15,16). The summed E-state index contributed by atoms with van der Waals surface area (Å²) >= 11 is 0. The van der Waals surface area contributed by atoms with Crippen molar-refractivity contribution >= 4 is 15.7 Å². The first-order chi connectivity index (χ1) is 8.99. The maximum absolute atomic E-state index is 12.2. The van der Waals surface area contributed by atoms with Gasteiger partial charge in [-0.2, -0.15) is 0 Å². The van der Waals surface area contributed by atoms with Crippen molar-refractivity contribution in [2.75, 3.05) is 5.75 Å². The highest BCUT2D eigenvalue weighted by atomic mass is 32.2. The second kappa shape index (κ2) is 4.07. The number of carbonyl (C=O) groups is 1. The summed E-state index contributed by atoms with van der Waals surface area (Å²) in [7, 11) is -3.19. The molecule has 0 aliphatic carbocycles. The molecule has 102 valence electrons. The van der Waals surface area contributed by atoms with Crippen LogP contribution in [0.2, 0.25) is 0 Å². The molecule has 3 rings (SSSR count). The third kappa shape index (κ3) is 1.71. The largest absolute Gasteiger partial charge is 0.352 e. The molecule has 5 heteroatoms. The summed E-state index contributed by atoms with van der Waals surface area (Å²) in [4.78, 5) is 12.2. The lowest BCUT2D eigenvalue weighted by atomic mass is 9.71. The van der Waals surface area contributed by atoms with Gasteiger partial charge in [0.25, 0.3) is 0 Å². The number of amides is 1. The Bertz CT molecular complexity index is 638. The van der Waals surface area contributed by atoms with E-state index in [2.05, 4.69) is 5.32 Å². The molecule has 1 amide bonds. The Balaban J connectivity index is 2.23. The van der Waals surface area contributed by atoms with E-state index in [0.29, 0.717) is 17.7 Å². The van der Waals surface area contributed by atoms with Crippen molar-refractivity contribution in [1.29, 1.82) is 0 Å². The average molecular weight is 279 g/mol.